The third-order valence-electron chi connectivity index (χ3n) is 5.55. The molecule has 0 saturated heterocycles. The lowest BCUT2D eigenvalue weighted by molar-refractivity contribution is 0.0392. The van der Waals surface area contributed by atoms with Crippen molar-refractivity contribution in [1.29, 1.82) is 0 Å². The van der Waals surface area contributed by atoms with Gasteiger partial charge in [0.1, 0.15) is 11.4 Å². The Morgan fingerprint density at radius 2 is 1.88 bits per heavy atom. The van der Waals surface area contributed by atoms with Gasteiger partial charge in [-0.25, -0.2) is 0 Å². The number of hydrogen-bond donors (Lipinski definition) is 1. The molecule has 1 aliphatic carbocycles. The van der Waals surface area contributed by atoms with E-state index in [1.54, 1.807) is 6.26 Å². The molecule has 1 N–H and O–H groups in total. The lowest BCUT2D eigenvalue weighted by Crippen LogP contribution is -2.58. The number of para-hydroxylation sites is 1. The Labute approximate surface area is 152 Å². The summed E-state index contributed by atoms with van der Waals surface area (Å²) in [6.07, 6.45) is 4.62. The fraction of sp³-hybridized carbons (Fsp3) is 0.227. The smallest absolute Gasteiger partial charge is 0.258 e. The molecule has 0 bridgehead atoms. The van der Waals surface area contributed by atoms with Gasteiger partial charge in [-0.15, -0.1) is 0 Å². The molecule has 0 radical (unpaired) electrons. The molecule has 4 nitrogen and oxygen atoms in total. The molecule has 1 spiro atoms. The summed E-state index contributed by atoms with van der Waals surface area (Å²) in [4.78, 5) is 15.4. The van der Waals surface area contributed by atoms with Crippen LogP contribution in [0, 0.1) is 0 Å². The number of nitrogens with one attached hydrogen (secondary N) is 1. The predicted octanol–water partition coefficient (Wildman–Crippen LogP) is 4.54. The number of carbonyl (C=O) groups is 1. The van der Waals surface area contributed by atoms with E-state index in [4.69, 9.17) is 4.42 Å². The van der Waals surface area contributed by atoms with Crippen LogP contribution in [0.5, 0.6) is 0 Å². The molecule has 3 aromatic rings. The molecule has 1 aromatic heterocycles. The second-order valence-corrected chi connectivity index (χ2v) is 7.01. The number of furan rings is 1. The lowest BCUT2D eigenvalue weighted by atomic mass is 9.79. The summed E-state index contributed by atoms with van der Waals surface area (Å²) in [6, 6.07) is 20.0. The van der Waals surface area contributed by atoms with E-state index in [0.29, 0.717) is 12.1 Å². The van der Waals surface area contributed by atoms with Crippen LogP contribution in [0.2, 0.25) is 0 Å². The van der Waals surface area contributed by atoms with Gasteiger partial charge in [0.25, 0.3) is 5.91 Å². The maximum absolute atomic E-state index is 13.5. The zero-order valence-corrected chi connectivity index (χ0v) is 14.4. The van der Waals surface area contributed by atoms with E-state index in [2.05, 4.69) is 29.6 Å². The van der Waals surface area contributed by atoms with Gasteiger partial charge in [0.05, 0.1) is 18.4 Å². The third-order valence-corrected chi connectivity index (χ3v) is 5.55. The number of benzene rings is 2. The molecule has 2 aromatic carbocycles. The van der Waals surface area contributed by atoms with Crippen LogP contribution >= 0.6 is 0 Å². The van der Waals surface area contributed by atoms with Crippen LogP contribution in [-0.4, -0.2) is 10.8 Å². The highest BCUT2D eigenvalue weighted by Crippen LogP contribution is 2.45. The first-order valence-electron chi connectivity index (χ1n) is 9.08. The van der Waals surface area contributed by atoms with Gasteiger partial charge in [0.15, 0.2) is 0 Å². The van der Waals surface area contributed by atoms with Crippen LogP contribution in [0.3, 0.4) is 0 Å². The lowest BCUT2D eigenvalue weighted by Gasteiger charge is -2.51. The van der Waals surface area contributed by atoms with Gasteiger partial charge in [0, 0.05) is 11.3 Å². The van der Waals surface area contributed by atoms with Gasteiger partial charge in [-0.2, -0.15) is 0 Å². The van der Waals surface area contributed by atoms with Crippen molar-refractivity contribution in [1.82, 2.24) is 4.90 Å². The minimum atomic E-state index is -0.535. The molecule has 2 heterocycles. The summed E-state index contributed by atoms with van der Waals surface area (Å²) in [5, 5.41) is 3.72. The Morgan fingerprint density at radius 1 is 1.04 bits per heavy atom. The summed E-state index contributed by atoms with van der Waals surface area (Å²) >= 11 is 0. The SMILES string of the molecule is O=C1c2ccccc2NC2(CCCc3ccccc32)N1Cc1ccco1. The van der Waals surface area contributed by atoms with E-state index in [9.17, 15) is 4.79 Å². The van der Waals surface area contributed by atoms with E-state index in [1.165, 1.54) is 11.1 Å². The molecule has 1 amide bonds. The topological polar surface area (TPSA) is 45.5 Å². The molecule has 4 heteroatoms. The molecular formula is C22H20N2O2. The average Bonchev–Trinajstić information content (AvgIpc) is 3.19. The highest BCUT2D eigenvalue weighted by Gasteiger charge is 2.48. The van der Waals surface area contributed by atoms with Gasteiger partial charge >= 0.3 is 0 Å². The summed E-state index contributed by atoms with van der Waals surface area (Å²) in [6.45, 7) is 0.446. The van der Waals surface area contributed by atoms with Crippen molar-refractivity contribution in [3.63, 3.8) is 0 Å². The zero-order valence-electron chi connectivity index (χ0n) is 14.4. The number of fused-ring (bicyclic) bond motifs is 3. The number of aryl methyl sites for hydroxylation is 1. The first-order chi connectivity index (χ1) is 12.8. The molecule has 1 atom stereocenters. The van der Waals surface area contributed by atoms with Crippen LogP contribution < -0.4 is 5.32 Å². The van der Waals surface area contributed by atoms with Gasteiger partial charge in [-0.3, -0.25) is 4.79 Å². The number of anilines is 1. The van der Waals surface area contributed by atoms with E-state index < -0.39 is 5.66 Å². The van der Waals surface area contributed by atoms with E-state index in [-0.39, 0.29) is 5.91 Å². The summed E-state index contributed by atoms with van der Waals surface area (Å²) < 4.78 is 5.57. The minimum Gasteiger partial charge on any atom is -0.467 e. The van der Waals surface area contributed by atoms with Crippen LogP contribution in [0.15, 0.2) is 71.3 Å². The molecule has 130 valence electrons. The van der Waals surface area contributed by atoms with Crippen molar-refractivity contribution in [2.45, 2.75) is 31.5 Å². The molecule has 2 aliphatic rings. The van der Waals surface area contributed by atoms with E-state index in [1.807, 2.05) is 41.3 Å². The van der Waals surface area contributed by atoms with Crippen LogP contribution in [0.25, 0.3) is 0 Å². The van der Waals surface area contributed by atoms with Crippen molar-refractivity contribution in [3.05, 3.63) is 89.4 Å². The number of nitrogens with zero attached hydrogens (tertiary/aromatic N) is 1. The maximum atomic E-state index is 13.5. The number of rotatable bonds is 2. The molecule has 0 saturated carbocycles. The Hall–Kier alpha value is -3.01. The van der Waals surface area contributed by atoms with Crippen molar-refractivity contribution in [2.24, 2.45) is 0 Å². The van der Waals surface area contributed by atoms with Gasteiger partial charge in [0.2, 0.25) is 0 Å². The predicted molar refractivity (Wildman–Crippen MR) is 99.7 cm³/mol. The second kappa shape index (κ2) is 5.77. The summed E-state index contributed by atoms with van der Waals surface area (Å²) in [5.74, 6) is 0.842. The fourth-order valence-electron chi connectivity index (χ4n) is 4.37. The Kier molecular flexibility index (Phi) is 3.38. The highest BCUT2D eigenvalue weighted by atomic mass is 16.3. The molecule has 1 aliphatic heterocycles. The molecular weight excluding hydrogens is 324 g/mol. The maximum Gasteiger partial charge on any atom is 0.258 e. The van der Waals surface area contributed by atoms with Crippen molar-refractivity contribution >= 4 is 11.6 Å². The first-order valence-corrected chi connectivity index (χ1v) is 9.08. The Morgan fingerprint density at radius 3 is 2.77 bits per heavy atom. The molecule has 26 heavy (non-hydrogen) atoms. The van der Waals surface area contributed by atoms with Crippen LogP contribution in [-0.2, 0) is 18.6 Å². The zero-order chi connectivity index (χ0) is 17.6. The molecule has 1 unspecified atom stereocenters. The van der Waals surface area contributed by atoms with E-state index in [0.717, 1.165) is 30.7 Å². The Balaban J connectivity index is 1.70. The molecule has 0 fully saturated rings. The quantitative estimate of drug-likeness (QED) is 0.742. The summed E-state index contributed by atoms with van der Waals surface area (Å²) in [7, 11) is 0. The van der Waals surface area contributed by atoms with Crippen LogP contribution in [0.4, 0.5) is 5.69 Å². The second-order valence-electron chi connectivity index (χ2n) is 7.01. The standard InChI is InChI=1S/C22H20N2O2/c25-21-18-10-2-4-12-20(18)23-22(24(21)15-17-9-6-14-26-17)13-5-8-16-7-1-3-11-19(16)22/h1-4,6-7,9-12,14,23H,5,8,13,15H2. The number of carbonyl (C=O) groups excluding carboxylic acids is 1. The number of hydrogen-bond acceptors (Lipinski definition) is 3. The number of amides is 1. The monoisotopic (exact) mass is 344 g/mol. The fourth-order valence-corrected chi connectivity index (χ4v) is 4.37. The van der Waals surface area contributed by atoms with Crippen molar-refractivity contribution < 1.29 is 9.21 Å². The first kappa shape index (κ1) is 15.3. The molecule has 5 rings (SSSR count). The van der Waals surface area contributed by atoms with Gasteiger partial charge in [-0.1, -0.05) is 36.4 Å². The third kappa shape index (κ3) is 2.18. The van der Waals surface area contributed by atoms with Gasteiger partial charge in [-0.05, 0) is 49.1 Å². The highest BCUT2D eigenvalue weighted by molar-refractivity contribution is 6.02. The van der Waals surface area contributed by atoms with Crippen molar-refractivity contribution in [3.8, 4) is 0 Å². The largest absolute Gasteiger partial charge is 0.467 e. The Bertz CT molecular complexity index is 964. The van der Waals surface area contributed by atoms with E-state index >= 15 is 0 Å². The minimum absolute atomic E-state index is 0.0486. The van der Waals surface area contributed by atoms with Gasteiger partial charge < -0.3 is 14.6 Å². The normalized spacial score (nSPS) is 21.2. The van der Waals surface area contributed by atoms with Crippen molar-refractivity contribution in [2.75, 3.05) is 5.32 Å². The average molecular weight is 344 g/mol. The van der Waals surface area contributed by atoms with Crippen LogP contribution in [0.1, 0.15) is 40.1 Å². The summed E-state index contributed by atoms with van der Waals surface area (Å²) in [5.41, 5.74) is 3.59.